The molecule has 0 aliphatic rings. The average Bonchev–Trinajstić information content (AvgIpc) is 2.93. The Kier molecular flexibility index (Phi) is 4.01. The maximum atomic E-state index is 5.92. The van der Waals surface area contributed by atoms with E-state index in [-0.39, 0.29) is 6.04 Å². The molecule has 6 heteroatoms. The van der Waals surface area contributed by atoms with Gasteiger partial charge in [0.25, 0.3) is 5.89 Å². The van der Waals surface area contributed by atoms with Crippen LogP contribution in [0.1, 0.15) is 35.9 Å². The van der Waals surface area contributed by atoms with Crippen LogP contribution in [0.15, 0.2) is 8.94 Å². The molecule has 19 heavy (non-hydrogen) atoms. The van der Waals surface area contributed by atoms with Crippen LogP contribution < -0.4 is 5.73 Å². The summed E-state index contributed by atoms with van der Waals surface area (Å²) in [6.07, 6.45) is 0. The van der Waals surface area contributed by atoms with Gasteiger partial charge < -0.3 is 19.4 Å². The number of rotatable bonds is 5. The third kappa shape index (κ3) is 2.69. The smallest absolute Gasteiger partial charge is 0.261 e. The molecule has 1 unspecified atom stereocenters. The van der Waals surface area contributed by atoms with E-state index in [0.717, 1.165) is 22.6 Å². The highest BCUT2D eigenvalue weighted by atomic mass is 16.5. The Morgan fingerprint density at radius 1 is 1.26 bits per heavy atom. The molecule has 6 nitrogen and oxygen atoms in total. The molecule has 0 fully saturated rings. The summed E-state index contributed by atoms with van der Waals surface area (Å²) in [7, 11) is 0. The van der Waals surface area contributed by atoms with Crippen molar-refractivity contribution >= 4 is 0 Å². The highest BCUT2D eigenvalue weighted by Gasteiger charge is 2.21. The molecule has 0 bridgehead atoms. The summed E-state index contributed by atoms with van der Waals surface area (Å²) in [6.45, 7) is 8.64. The van der Waals surface area contributed by atoms with Crippen molar-refractivity contribution < 1.29 is 13.7 Å². The minimum Gasteiger partial charge on any atom is -0.466 e. The fourth-order valence-corrected chi connectivity index (χ4v) is 1.91. The number of aromatic nitrogens is 2. The Morgan fingerprint density at radius 3 is 2.58 bits per heavy atom. The Balaban J connectivity index is 2.25. The molecule has 2 N–H and O–H groups in total. The zero-order valence-electron chi connectivity index (χ0n) is 11.7. The molecule has 0 spiro atoms. The fourth-order valence-electron chi connectivity index (χ4n) is 1.91. The van der Waals surface area contributed by atoms with Gasteiger partial charge in [-0.05, 0) is 27.7 Å². The number of hydrogen-bond acceptors (Lipinski definition) is 6. The molecule has 2 aromatic heterocycles. The second-order valence-electron chi connectivity index (χ2n) is 4.44. The first-order valence-corrected chi connectivity index (χ1v) is 6.28. The first-order valence-electron chi connectivity index (χ1n) is 6.28. The zero-order valence-corrected chi connectivity index (χ0v) is 11.7. The lowest BCUT2D eigenvalue weighted by Crippen LogP contribution is -2.18. The second kappa shape index (κ2) is 5.54. The molecular formula is C13H19N3O3. The van der Waals surface area contributed by atoms with Gasteiger partial charge in [-0.1, -0.05) is 5.16 Å². The van der Waals surface area contributed by atoms with Gasteiger partial charge in [0.1, 0.15) is 11.5 Å². The van der Waals surface area contributed by atoms with Gasteiger partial charge in [0.15, 0.2) is 5.82 Å². The van der Waals surface area contributed by atoms with Crippen molar-refractivity contribution in [1.29, 1.82) is 0 Å². The lowest BCUT2D eigenvalue weighted by atomic mass is 10.1. The van der Waals surface area contributed by atoms with Gasteiger partial charge in [-0.3, -0.25) is 0 Å². The van der Waals surface area contributed by atoms with Crippen molar-refractivity contribution in [3.05, 3.63) is 22.9 Å². The van der Waals surface area contributed by atoms with Crippen LogP contribution >= 0.6 is 0 Å². The molecule has 0 amide bonds. The van der Waals surface area contributed by atoms with Crippen LogP contribution in [-0.2, 0) is 4.74 Å². The summed E-state index contributed by atoms with van der Waals surface area (Å²) < 4.78 is 16.1. The molecule has 0 saturated carbocycles. The van der Waals surface area contributed by atoms with Crippen LogP contribution in [0.2, 0.25) is 0 Å². The number of furan rings is 1. The monoisotopic (exact) mass is 265 g/mol. The Labute approximate surface area is 111 Å². The van der Waals surface area contributed by atoms with Crippen molar-refractivity contribution in [2.24, 2.45) is 5.73 Å². The van der Waals surface area contributed by atoms with Crippen molar-refractivity contribution in [1.82, 2.24) is 10.1 Å². The minimum atomic E-state index is -0.383. The van der Waals surface area contributed by atoms with E-state index in [1.54, 1.807) is 0 Å². The van der Waals surface area contributed by atoms with E-state index in [9.17, 15) is 0 Å². The van der Waals surface area contributed by atoms with Crippen LogP contribution in [0.25, 0.3) is 11.5 Å². The number of ether oxygens (including phenoxy) is 1. The molecule has 2 aromatic rings. The molecule has 2 heterocycles. The Morgan fingerprint density at radius 2 is 2.00 bits per heavy atom. The number of aryl methyl sites for hydroxylation is 2. The van der Waals surface area contributed by atoms with E-state index in [4.69, 9.17) is 19.4 Å². The molecular weight excluding hydrogens is 246 g/mol. The van der Waals surface area contributed by atoms with E-state index >= 15 is 0 Å². The van der Waals surface area contributed by atoms with Gasteiger partial charge in [-0.2, -0.15) is 4.98 Å². The largest absolute Gasteiger partial charge is 0.466 e. The minimum absolute atomic E-state index is 0.373. The maximum Gasteiger partial charge on any atom is 0.261 e. The topological polar surface area (TPSA) is 87.3 Å². The van der Waals surface area contributed by atoms with Gasteiger partial charge in [0, 0.05) is 12.2 Å². The van der Waals surface area contributed by atoms with Crippen molar-refractivity contribution in [2.75, 3.05) is 13.2 Å². The number of hydrogen-bond donors (Lipinski definition) is 1. The van der Waals surface area contributed by atoms with Crippen LogP contribution in [0, 0.1) is 20.8 Å². The highest BCUT2D eigenvalue weighted by molar-refractivity contribution is 5.61. The third-order valence-corrected chi connectivity index (χ3v) is 3.05. The summed E-state index contributed by atoms with van der Waals surface area (Å²) in [4.78, 5) is 4.33. The lowest BCUT2D eigenvalue weighted by molar-refractivity contribution is 0.130. The first kappa shape index (κ1) is 13.8. The van der Waals surface area contributed by atoms with E-state index in [1.165, 1.54) is 0 Å². The first-order chi connectivity index (χ1) is 9.04. The molecule has 104 valence electrons. The third-order valence-electron chi connectivity index (χ3n) is 3.05. The SMILES string of the molecule is CCOCC(N)c1noc(-c2c(C)oc(C)c2C)n1. The fraction of sp³-hybridized carbons (Fsp3) is 0.538. The standard InChI is InChI=1S/C13H19N3O3/c1-5-17-6-10(14)12-15-13(19-16-12)11-7(2)8(3)18-9(11)4/h10H,5-6,14H2,1-4H3. The normalized spacial score (nSPS) is 12.9. The summed E-state index contributed by atoms with van der Waals surface area (Å²) in [6, 6.07) is -0.383. The molecule has 2 rings (SSSR count). The predicted octanol–water partition coefficient (Wildman–Crippen LogP) is 2.29. The maximum absolute atomic E-state index is 5.92. The molecule has 0 saturated heterocycles. The quantitative estimate of drug-likeness (QED) is 0.892. The van der Waals surface area contributed by atoms with Crippen LogP contribution in [0.5, 0.6) is 0 Å². The number of nitrogens with zero attached hydrogens (tertiary/aromatic N) is 2. The summed E-state index contributed by atoms with van der Waals surface area (Å²) >= 11 is 0. The lowest BCUT2D eigenvalue weighted by Gasteiger charge is -2.05. The van der Waals surface area contributed by atoms with Gasteiger partial charge in [0.05, 0.1) is 18.2 Å². The molecule has 0 aliphatic heterocycles. The summed E-state index contributed by atoms with van der Waals surface area (Å²) in [5.41, 5.74) is 7.77. The highest BCUT2D eigenvalue weighted by Crippen LogP contribution is 2.30. The van der Waals surface area contributed by atoms with E-state index in [0.29, 0.717) is 24.9 Å². The Hall–Kier alpha value is -1.66. The summed E-state index contributed by atoms with van der Waals surface area (Å²) in [5, 5.41) is 3.90. The van der Waals surface area contributed by atoms with Gasteiger partial charge in [-0.25, -0.2) is 0 Å². The molecule has 0 aromatic carbocycles. The van der Waals surface area contributed by atoms with E-state index < -0.39 is 0 Å². The average molecular weight is 265 g/mol. The van der Waals surface area contributed by atoms with E-state index in [1.807, 2.05) is 27.7 Å². The van der Waals surface area contributed by atoms with Crippen LogP contribution in [0.4, 0.5) is 0 Å². The predicted molar refractivity (Wildman–Crippen MR) is 69.6 cm³/mol. The van der Waals surface area contributed by atoms with Gasteiger partial charge in [-0.15, -0.1) is 0 Å². The van der Waals surface area contributed by atoms with Crippen molar-refractivity contribution in [3.63, 3.8) is 0 Å². The molecule has 0 aliphatic carbocycles. The molecule has 0 radical (unpaired) electrons. The van der Waals surface area contributed by atoms with Crippen molar-refractivity contribution in [3.8, 4) is 11.5 Å². The zero-order chi connectivity index (χ0) is 14.0. The molecule has 1 atom stereocenters. The van der Waals surface area contributed by atoms with Gasteiger partial charge in [0.2, 0.25) is 0 Å². The van der Waals surface area contributed by atoms with Crippen LogP contribution in [0.3, 0.4) is 0 Å². The second-order valence-corrected chi connectivity index (χ2v) is 4.44. The Bertz CT molecular complexity index is 559. The van der Waals surface area contributed by atoms with E-state index in [2.05, 4.69) is 10.1 Å². The van der Waals surface area contributed by atoms with Crippen LogP contribution in [-0.4, -0.2) is 23.4 Å². The van der Waals surface area contributed by atoms with Gasteiger partial charge >= 0.3 is 0 Å². The number of nitrogens with two attached hydrogens (primary N) is 1. The summed E-state index contributed by atoms with van der Waals surface area (Å²) in [5.74, 6) is 2.50. The van der Waals surface area contributed by atoms with Crippen molar-refractivity contribution in [2.45, 2.75) is 33.7 Å².